The van der Waals surface area contributed by atoms with Crippen LogP contribution in [-0.2, 0) is 0 Å². The second-order valence-electron chi connectivity index (χ2n) is 5.77. The lowest BCUT2D eigenvalue weighted by Crippen LogP contribution is -2.45. The van der Waals surface area contributed by atoms with E-state index in [-0.39, 0.29) is 18.9 Å². The molecule has 0 bridgehead atoms. The van der Waals surface area contributed by atoms with E-state index in [1.165, 1.54) is 5.56 Å². The summed E-state index contributed by atoms with van der Waals surface area (Å²) in [6.07, 6.45) is -3.78. The van der Waals surface area contributed by atoms with Gasteiger partial charge in [-0.2, -0.15) is 13.2 Å². The molecule has 0 amide bonds. The van der Waals surface area contributed by atoms with E-state index in [1.54, 1.807) is 6.92 Å². The predicted molar refractivity (Wildman–Crippen MR) is 70.1 cm³/mol. The highest BCUT2D eigenvalue weighted by molar-refractivity contribution is 5.27. The molecule has 1 N–H and O–H groups in total. The van der Waals surface area contributed by atoms with Gasteiger partial charge in [-0.1, -0.05) is 38.1 Å². The third kappa shape index (κ3) is 2.94. The van der Waals surface area contributed by atoms with E-state index in [4.69, 9.17) is 0 Å². The standard InChI is InChI=1S/C15H20F3N/c1-10(2)12-4-6-13(7-5-12)11(3)19-14(8-9-14)15(16,17)18/h4-7,10-11,19H,8-9H2,1-3H3. The van der Waals surface area contributed by atoms with Crippen molar-refractivity contribution in [1.82, 2.24) is 5.32 Å². The molecule has 1 atom stereocenters. The van der Waals surface area contributed by atoms with Crippen LogP contribution < -0.4 is 5.32 Å². The van der Waals surface area contributed by atoms with Gasteiger partial charge in [0.2, 0.25) is 0 Å². The molecule has 0 radical (unpaired) electrons. The van der Waals surface area contributed by atoms with Crippen molar-refractivity contribution < 1.29 is 13.2 Å². The van der Waals surface area contributed by atoms with Gasteiger partial charge in [-0.15, -0.1) is 0 Å². The Bertz CT molecular complexity index is 430. The van der Waals surface area contributed by atoms with Gasteiger partial charge in [-0.3, -0.25) is 5.32 Å². The minimum Gasteiger partial charge on any atom is -0.297 e. The van der Waals surface area contributed by atoms with Gasteiger partial charge in [0.05, 0.1) is 0 Å². The molecule has 0 saturated heterocycles. The first-order valence-corrected chi connectivity index (χ1v) is 6.69. The molecule has 4 heteroatoms. The van der Waals surface area contributed by atoms with Crippen molar-refractivity contribution in [2.75, 3.05) is 0 Å². The zero-order chi connectivity index (χ0) is 14.3. The molecular weight excluding hydrogens is 251 g/mol. The number of benzene rings is 1. The third-order valence-electron chi connectivity index (χ3n) is 3.89. The molecule has 1 aliphatic carbocycles. The van der Waals surface area contributed by atoms with Crippen molar-refractivity contribution in [3.05, 3.63) is 35.4 Å². The number of rotatable bonds is 4. The fraction of sp³-hybridized carbons (Fsp3) is 0.600. The average molecular weight is 271 g/mol. The van der Waals surface area contributed by atoms with E-state index in [0.29, 0.717) is 5.92 Å². The largest absolute Gasteiger partial charge is 0.406 e. The molecule has 0 aliphatic heterocycles. The van der Waals surface area contributed by atoms with Crippen molar-refractivity contribution in [2.45, 2.75) is 57.3 Å². The van der Waals surface area contributed by atoms with Crippen molar-refractivity contribution in [3.63, 3.8) is 0 Å². The molecule has 1 unspecified atom stereocenters. The van der Waals surface area contributed by atoms with Gasteiger partial charge in [0.1, 0.15) is 5.54 Å². The number of halogens is 3. The van der Waals surface area contributed by atoms with E-state index >= 15 is 0 Å². The summed E-state index contributed by atoms with van der Waals surface area (Å²) in [6.45, 7) is 5.98. The maximum Gasteiger partial charge on any atom is 0.406 e. The minimum absolute atomic E-state index is 0.185. The quantitative estimate of drug-likeness (QED) is 0.846. The molecule has 19 heavy (non-hydrogen) atoms. The van der Waals surface area contributed by atoms with E-state index in [9.17, 15) is 13.2 Å². The second-order valence-corrected chi connectivity index (χ2v) is 5.77. The van der Waals surface area contributed by atoms with Gasteiger partial charge in [-0.05, 0) is 36.8 Å². The monoisotopic (exact) mass is 271 g/mol. The average Bonchev–Trinajstić information content (AvgIpc) is 3.09. The van der Waals surface area contributed by atoms with Crippen molar-refractivity contribution >= 4 is 0 Å². The summed E-state index contributed by atoms with van der Waals surface area (Å²) in [5.41, 5.74) is 0.455. The summed E-state index contributed by atoms with van der Waals surface area (Å²) in [6, 6.07) is 7.53. The van der Waals surface area contributed by atoms with E-state index in [0.717, 1.165) is 5.56 Å². The highest BCUT2D eigenvalue weighted by atomic mass is 19.4. The zero-order valence-electron chi connectivity index (χ0n) is 11.5. The first kappa shape index (κ1) is 14.4. The van der Waals surface area contributed by atoms with Crippen molar-refractivity contribution in [3.8, 4) is 0 Å². The second kappa shape index (κ2) is 4.82. The Balaban J connectivity index is 2.06. The van der Waals surface area contributed by atoms with Gasteiger partial charge < -0.3 is 0 Å². The lowest BCUT2D eigenvalue weighted by atomic mass is 9.99. The van der Waals surface area contributed by atoms with E-state index in [2.05, 4.69) is 19.2 Å². The normalized spacial score (nSPS) is 19.5. The van der Waals surface area contributed by atoms with E-state index < -0.39 is 11.7 Å². The molecule has 1 aromatic carbocycles. The topological polar surface area (TPSA) is 12.0 Å². The first-order chi connectivity index (χ1) is 8.75. The van der Waals surface area contributed by atoms with Crippen LogP contribution in [0.25, 0.3) is 0 Å². The Morgan fingerprint density at radius 2 is 1.47 bits per heavy atom. The Morgan fingerprint density at radius 3 is 1.84 bits per heavy atom. The highest BCUT2D eigenvalue weighted by Crippen LogP contribution is 2.50. The Labute approximate surface area is 112 Å². The van der Waals surface area contributed by atoms with Crippen LogP contribution in [0.5, 0.6) is 0 Å². The number of hydrogen-bond acceptors (Lipinski definition) is 1. The van der Waals surface area contributed by atoms with Gasteiger partial charge >= 0.3 is 6.18 Å². The zero-order valence-corrected chi connectivity index (χ0v) is 11.5. The summed E-state index contributed by atoms with van der Waals surface area (Å²) in [4.78, 5) is 0. The summed E-state index contributed by atoms with van der Waals surface area (Å²) in [5, 5.41) is 2.75. The maximum absolute atomic E-state index is 12.9. The molecule has 106 valence electrons. The van der Waals surface area contributed by atoms with Crippen LogP contribution in [0.4, 0.5) is 13.2 Å². The smallest absolute Gasteiger partial charge is 0.297 e. The highest BCUT2D eigenvalue weighted by Gasteiger charge is 2.63. The fourth-order valence-electron chi connectivity index (χ4n) is 2.30. The molecular formula is C15H20F3N. The van der Waals surface area contributed by atoms with Crippen LogP contribution in [0.3, 0.4) is 0 Å². The Morgan fingerprint density at radius 1 is 1.00 bits per heavy atom. The molecule has 0 aromatic heterocycles. The number of alkyl halides is 3. The Kier molecular flexibility index (Phi) is 3.65. The van der Waals surface area contributed by atoms with Crippen LogP contribution in [-0.4, -0.2) is 11.7 Å². The van der Waals surface area contributed by atoms with Crippen LogP contribution in [0.15, 0.2) is 24.3 Å². The summed E-state index contributed by atoms with van der Waals surface area (Å²) in [5.74, 6) is 0.433. The van der Waals surface area contributed by atoms with Crippen molar-refractivity contribution in [2.24, 2.45) is 0 Å². The summed E-state index contributed by atoms with van der Waals surface area (Å²) >= 11 is 0. The predicted octanol–water partition coefficient (Wildman–Crippen LogP) is 4.56. The number of hydrogen-bond donors (Lipinski definition) is 1. The molecule has 0 spiro atoms. The van der Waals surface area contributed by atoms with Gasteiger partial charge in [0.15, 0.2) is 0 Å². The summed E-state index contributed by atoms with van der Waals surface area (Å²) < 4.78 is 38.6. The SMILES string of the molecule is CC(C)c1ccc(C(C)NC2(C(F)(F)F)CC2)cc1. The fourth-order valence-corrected chi connectivity index (χ4v) is 2.30. The molecule has 0 heterocycles. The van der Waals surface area contributed by atoms with Crippen LogP contribution in [0.2, 0.25) is 0 Å². The molecule has 1 aromatic rings. The van der Waals surface area contributed by atoms with Gasteiger partial charge in [-0.25, -0.2) is 0 Å². The van der Waals surface area contributed by atoms with Crippen LogP contribution in [0, 0.1) is 0 Å². The minimum atomic E-state index is -4.15. The molecule has 2 rings (SSSR count). The molecule has 1 saturated carbocycles. The van der Waals surface area contributed by atoms with Gasteiger partial charge in [0, 0.05) is 6.04 Å². The molecule has 1 nitrogen and oxygen atoms in total. The van der Waals surface area contributed by atoms with Crippen LogP contribution in [0.1, 0.15) is 56.7 Å². The van der Waals surface area contributed by atoms with Crippen LogP contribution >= 0.6 is 0 Å². The third-order valence-corrected chi connectivity index (χ3v) is 3.89. The van der Waals surface area contributed by atoms with Gasteiger partial charge in [0.25, 0.3) is 0 Å². The maximum atomic E-state index is 12.9. The molecule has 1 fully saturated rings. The molecule has 1 aliphatic rings. The number of nitrogens with one attached hydrogen (secondary N) is 1. The van der Waals surface area contributed by atoms with E-state index in [1.807, 2.05) is 24.3 Å². The Hall–Kier alpha value is -1.03. The lowest BCUT2D eigenvalue weighted by Gasteiger charge is -2.25. The van der Waals surface area contributed by atoms with Crippen molar-refractivity contribution in [1.29, 1.82) is 0 Å². The summed E-state index contributed by atoms with van der Waals surface area (Å²) in [7, 11) is 0. The first-order valence-electron chi connectivity index (χ1n) is 6.69. The lowest BCUT2D eigenvalue weighted by molar-refractivity contribution is -0.167.